The summed E-state index contributed by atoms with van der Waals surface area (Å²) in [5.74, 6) is 0. The van der Waals surface area contributed by atoms with Crippen molar-refractivity contribution < 1.29 is 0 Å². The van der Waals surface area contributed by atoms with Gasteiger partial charge in [-0.2, -0.15) is 5.10 Å². The number of aryl methyl sites for hydroxylation is 2. The van der Waals surface area contributed by atoms with Crippen LogP contribution < -0.4 is 5.32 Å². The van der Waals surface area contributed by atoms with Crippen LogP contribution in [0.15, 0.2) is 30.5 Å². The standard InChI is InChI=1S/C16H22ClN3/c1-4-5-16(13-6-8-15(17)9-7-13)18-10-14-11-20(3)19-12(14)2/h6-9,11,16,18H,4-5,10H2,1-3H3. The minimum atomic E-state index is 0.358. The van der Waals surface area contributed by atoms with Gasteiger partial charge in [-0.15, -0.1) is 0 Å². The van der Waals surface area contributed by atoms with Gasteiger partial charge in [0.2, 0.25) is 0 Å². The number of hydrogen-bond acceptors (Lipinski definition) is 2. The lowest BCUT2D eigenvalue weighted by Crippen LogP contribution is -2.21. The Morgan fingerprint density at radius 1 is 1.30 bits per heavy atom. The lowest BCUT2D eigenvalue weighted by atomic mass is 10.0. The predicted molar refractivity (Wildman–Crippen MR) is 83.9 cm³/mol. The first-order valence-electron chi connectivity index (χ1n) is 7.08. The van der Waals surface area contributed by atoms with E-state index in [1.54, 1.807) is 0 Å². The van der Waals surface area contributed by atoms with Crippen molar-refractivity contribution in [2.24, 2.45) is 7.05 Å². The summed E-state index contributed by atoms with van der Waals surface area (Å²) in [5.41, 5.74) is 3.63. The third-order valence-electron chi connectivity index (χ3n) is 3.50. The smallest absolute Gasteiger partial charge is 0.0638 e. The minimum Gasteiger partial charge on any atom is -0.306 e. The van der Waals surface area contributed by atoms with Gasteiger partial charge in [-0.1, -0.05) is 37.1 Å². The van der Waals surface area contributed by atoms with Crippen molar-refractivity contribution in [3.8, 4) is 0 Å². The topological polar surface area (TPSA) is 29.9 Å². The lowest BCUT2D eigenvalue weighted by Gasteiger charge is -2.18. The molecule has 1 atom stereocenters. The molecule has 1 aromatic heterocycles. The van der Waals surface area contributed by atoms with E-state index in [1.807, 2.05) is 30.8 Å². The van der Waals surface area contributed by atoms with Crippen molar-refractivity contribution in [3.63, 3.8) is 0 Å². The highest BCUT2D eigenvalue weighted by molar-refractivity contribution is 6.30. The van der Waals surface area contributed by atoms with Crippen molar-refractivity contribution in [2.45, 2.75) is 39.3 Å². The van der Waals surface area contributed by atoms with Gasteiger partial charge in [0.1, 0.15) is 0 Å². The van der Waals surface area contributed by atoms with Gasteiger partial charge in [0.15, 0.2) is 0 Å². The summed E-state index contributed by atoms with van der Waals surface area (Å²) < 4.78 is 1.86. The first kappa shape index (κ1) is 15.1. The Morgan fingerprint density at radius 2 is 2.00 bits per heavy atom. The largest absolute Gasteiger partial charge is 0.306 e. The third kappa shape index (κ3) is 3.84. The van der Waals surface area contributed by atoms with Crippen molar-refractivity contribution in [1.29, 1.82) is 0 Å². The van der Waals surface area contributed by atoms with Gasteiger partial charge in [-0.05, 0) is 31.0 Å². The van der Waals surface area contributed by atoms with Gasteiger partial charge >= 0.3 is 0 Å². The zero-order chi connectivity index (χ0) is 14.5. The molecule has 20 heavy (non-hydrogen) atoms. The highest BCUT2D eigenvalue weighted by atomic mass is 35.5. The average Bonchev–Trinajstić information content (AvgIpc) is 2.74. The molecule has 2 aromatic rings. The Bertz CT molecular complexity index is 545. The van der Waals surface area contributed by atoms with Gasteiger partial charge in [0.05, 0.1) is 5.69 Å². The normalized spacial score (nSPS) is 12.6. The number of hydrogen-bond donors (Lipinski definition) is 1. The molecular formula is C16H22ClN3. The maximum absolute atomic E-state index is 5.96. The Kier molecular flexibility index (Phi) is 5.21. The van der Waals surface area contributed by atoms with E-state index in [0.29, 0.717) is 6.04 Å². The molecule has 1 N–H and O–H groups in total. The van der Waals surface area contributed by atoms with Crippen molar-refractivity contribution in [1.82, 2.24) is 15.1 Å². The maximum Gasteiger partial charge on any atom is 0.0638 e. The molecule has 3 nitrogen and oxygen atoms in total. The van der Waals surface area contributed by atoms with Gasteiger partial charge in [0.25, 0.3) is 0 Å². The van der Waals surface area contributed by atoms with E-state index in [9.17, 15) is 0 Å². The molecule has 4 heteroatoms. The summed E-state index contributed by atoms with van der Waals surface area (Å²) in [6.45, 7) is 5.10. The molecule has 1 unspecified atom stereocenters. The van der Waals surface area contributed by atoms with Crippen LogP contribution in [-0.2, 0) is 13.6 Å². The first-order chi connectivity index (χ1) is 9.60. The molecule has 0 saturated heterocycles. The molecule has 0 aliphatic carbocycles. The number of nitrogens with one attached hydrogen (secondary N) is 1. The Balaban J connectivity index is 2.06. The second kappa shape index (κ2) is 6.91. The summed E-state index contributed by atoms with van der Waals surface area (Å²) in [7, 11) is 1.96. The number of nitrogens with zero attached hydrogens (tertiary/aromatic N) is 2. The van der Waals surface area contributed by atoms with Crippen molar-refractivity contribution in [2.75, 3.05) is 0 Å². The van der Waals surface area contributed by atoms with E-state index in [-0.39, 0.29) is 0 Å². The number of rotatable bonds is 6. The van der Waals surface area contributed by atoms with Crippen LogP contribution in [-0.4, -0.2) is 9.78 Å². The number of aromatic nitrogens is 2. The molecule has 0 saturated carbocycles. The summed E-state index contributed by atoms with van der Waals surface area (Å²) in [5, 5.41) is 8.79. The van der Waals surface area contributed by atoms with Crippen LogP contribution in [0.25, 0.3) is 0 Å². The first-order valence-corrected chi connectivity index (χ1v) is 7.46. The Hall–Kier alpha value is -1.32. The zero-order valence-electron chi connectivity index (χ0n) is 12.4. The van der Waals surface area contributed by atoms with Crippen LogP contribution in [0.4, 0.5) is 0 Å². The van der Waals surface area contributed by atoms with Crippen LogP contribution >= 0.6 is 11.6 Å². The van der Waals surface area contributed by atoms with Crippen LogP contribution in [0.5, 0.6) is 0 Å². The maximum atomic E-state index is 5.96. The zero-order valence-corrected chi connectivity index (χ0v) is 13.1. The molecule has 1 heterocycles. The van der Waals surface area contributed by atoms with E-state index < -0.39 is 0 Å². The van der Waals surface area contributed by atoms with Gasteiger partial charge in [-0.3, -0.25) is 4.68 Å². The van der Waals surface area contributed by atoms with Crippen molar-refractivity contribution >= 4 is 11.6 Å². The fourth-order valence-corrected chi connectivity index (χ4v) is 2.55. The quantitative estimate of drug-likeness (QED) is 0.871. The molecule has 0 amide bonds. The fourth-order valence-electron chi connectivity index (χ4n) is 2.43. The summed E-state index contributed by atoms with van der Waals surface area (Å²) in [6, 6.07) is 8.47. The summed E-state index contributed by atoms with van der Waals surface area (Å²) in [4.78, 5) is 0. The molecule has 0 radical (unpaired) electrons. The van der Waals surface area contributed by atoms with E-state index in [0.717, 1.165) is 30.1 Å². The van der Waals surface area contributed by atoms with Crippen LogP contribution in [0, 0.1) is 6.92 Å². The highest BCUT2D eigenvalue weighted by Crippen LogP contribution is 2.21. The van der Waals surface area contributed by atoms with E-state index in [2.05, 4.69) is 35.7 Å². The molecule has 0 spiro atoms. The summed E-state index contributed by atoms with van der Waals surface area (Å²) >= 11 is 5.96. The molecule has 0 fully saturated rings. The molecule has 1 aromatic carbocycles. The average molecular weight is 292 g/mol. The van der Waals surface area contributed by atoms with Crippen LogP contribution in [0.1, 0.15) is 42.6 Å². The van der Waals surface area contributed by atoms with Crippen molar-refractivity contribution in [3.05, 3.63) is 52.3 Å². The Morgan fingerprint density at radius 3 is 2.55 bits per heavy atom. The second-order valence-electron chi connectivity index (χ2n) is 5.19. The highest BCUT2D eigenvalue weighted by Gasteiger charge is 2.11. The molecular weight excluding hydrogens is 270 g/mol. The van der Waals surface area contributed by atoms with E-state index in [1.165, 1.54) is 11.1 Å². The molecule has 108 valence electrons. The monoisotopic (exact) mass is 291 g/mol. The molecule has 0 aliphatic rings. The lowest BCUT2D eigenvalue weighted by molar-refractivity contribution is 0.493. The van der Waals surface area contributed by atoms with Crippen LogP contribution in [0.3, 0.4) is 0 Å². The molecule has 2 rings (SSSR count). The fraction of sp³-hybridized carbons (Fsp3) is 0.438. The molecule has 0 aliphatic heterocycles. The Labute approximate surface area is 126 Å². The van der Waals surface area contributed by atoms with Gasteiger partial charge in [0, 0.05) is 36.4 Å². The van der Waals surface area contributed by atoms with E-state index in [4.69, 9.17) is 11.6 Å². The SMILES string of the molecule is CCCC(NCc1cn(C)nc1C)c1ccc(Cl)cc1. The number of benzene rings is 1. The van der Waals surface area contributed by atoms with Gasteiger partial charge in [-0.25, -0.2) is 0 Å². The van der Waals surface area contributed by atoms with E-state index >= 15 is 0 Å². The third-order valence-corrected chi connectivity index (χ3v) is 3.76. The van der Waals surface area contributed by atoms with Crippen LogP contribution in [0.2, 0.25) is 5.02 Å². The molecule has 0 bridgehead atoms. The number of halogens is 1. The van der Waals surface area contributed by atoms with Gasteiger partial charge < -0.3 is 5.32 Å². The minimum absolute atomic E-state index is 0.358. The predicted octanol–water partition coefficient (Wildman–Crippen LogP) is 4.01. The second-order valence-corrected chi connectivity index (χ2v) is 5.62. The summed E-state index contributed by atoms with van der Waals surface area (Å²) in [6.07, 6.45) is 4.33.